The molecule has 0 saturated carbocycles. The van der Waals surface area contributed by atoms with Crippen LogP contribution in [-0.4, -0.2) is 60.8 Å². The Morgan fingerprint density at radius 1 is 0.739 bits per heavy atom. The van der Waals surface area contributed by atoms with Gasteiger partial charge in [-0.3, -0.25) is 4.57 Å². The molecule has 0 rings (SSSR count). The summed E-state index contributed by atoms with van der Waals surface area (Å²) in [6.07, 6.45) is 2.32. The molecule has 0 radical (unpaired) electrons. The lowest BCUT2D eigenvalue weighted by Gasteiger charge is -2.48. The molecule has 2 unspecified atom stereocenters. The molecule has 0 amide bonds. The molecular weight excluding hydrogens is 336 g/mol. The van der Waals surface area contributed by atoms with Gasteiger partial charge < -0.3 is 12.8 Å². The Balaban J connectivity index is 5.32. The maximum atomic E-state index is 6.81. The third-order valence-electron chi connectivity index (χ3n) is 4.82. The first-order valence-electron chi connectivity index (χ1n) is 9.06. The standard InChI is InChI=1S/C16H42N2O2Si3/c1-13-15(3)18(16(4)14-2)22(9,10)20-23(11,12)19-21(7,8)17(5)6/h15-16H,13-14H2,1-12H3. The summed E-state index contributed by atoms with van der Waals surface area (Å²) in [5, 5.41) is 0. The van der Waals surface area contributed by atoms with E-state index in [1.807, 2.05) is 0 Å². The van der Waals surface area contributed by atoms with Crippen LogP contribution in [0.15, 0.2) is 0 Å². The van der Waals surface area contributed by atoms with Crippen molar-refractivity contribution in [3.05, 3.63) is 0 Å². The van der Waals surface area contributed by atoms with Gasteiger partial charge in [0, 0.05) is 12.1 Å². The van der Waals surface area contributed by atoms with Crippen molar-refractivity contribution in [1.29, 1.82) is 0 Å². The van der Waals surface area contributed by atoms with E-state index in [0.29, 0.717) is 12.1 Å². The molecule has 0 aliphatic rings. The van der Waals surface area contributed by atoms with Crippen LogP contribution in [0.2, 0.25) is 39.3 Å². The molecule has 0 fully saturated rings. The Bertz CT molecular complexity index is 353. The molecule has 0 spiro atoms. The predicted octanol–water partition coefficient (Wildman–Crippen LogP) is 4.59. The minimum atomic E-state index is -2.18. The van der Waals surface area contributed by atoms with E-state index in [1.54, 1.807) is 0 Å². The summed E-state index contributed by atoms with van der Waals surface area (Å²) in [7, 11) is -1.79. The fourth-order valence-corrected chi connectivity index (χ4v) is 17.1. The molecule has 0 aromatic rings. The van der Waals surface area contributed by atoms with Gasteiger partial charge >= 0.3 is 8.56 Å². The molecule has 0 bridgehead atoms. The number of hydrogen-bond acceptors (Lipinski definition) is 4. The van der Waals surface area contributed by atoms with Gasteiger partial charge in [-0.15, -0.1) is 0 Å². The van der Waals surface area contributed by atoms with Crippen LogP contribution < -0.4 is 0 Å². The Labute approximate surface area is 149 Å². The lowest BCUT2D eigenvalue weighted by atomic mass is 10.2. The van der Waals surface area contributed by atoms with Gasteiger partial charge in [0.1, 0.15) is 0 Å². The first-order valence-corrected chi connectivity index (χ1v) is 17.6. The maximum Gasteiger partial charge on any atom is 0.312 e. The molecule has 2 atom stereocenters. The molecule has 0 N–H and O–H groups in total. The summed E-state index contributed by atoms with van der Waals surface area (Å²) in [6, 6.07) is 1.10. The smallest absolute Gasteiger partial charge is 0.312 e. The second kappa shape index (κ2) is 8.73. The molecule has 0 aliphatic heterocycles. The fraction of sp³-hybridized carbons (Fsp3) is 1.00. The number of nitrogens with zero attached hydrogens (tertiary/aromatic N) is 2. The van der Waals surface area contributed by atoms with Crippen molar-refractivity contribution in [3.63, 3.8) is 0 Å². The summed E-state index contributed by atoms with van der Waals surface area (Å²) in [4.78, 5) is 0. The van der Waals surface area contributed by atoms with E-state index < -0.39 is 25.5 Å². The van der Waals surface area contributed by atoms with E-state index in [-0.39, 0.29) is 0 Å². The summed E-state index contributed by atoms with van der Waals surface area (Å²) in [6.45, 7) is 22.8. The van der Waals surface area contributed by atoms with Gasteiger partial charge in [0.15, 0.2) is 0 Å². The molecule has 4 nitrogen and oxygen atoms in total. The first-order chi connectivity index (χ1) is 10.2. The van der Waals surface area contributed by atoms with Gasteiger partial charge in [0.2, 0.25) is 0 Å². The fourth-order valence-electron chi connectivity index (χ4n) is 3.26. The Hall–Kier alpha value is 0.491. The van der Waals surface area contributed by atoms with Crippen LogP contribution >= 0.6 is 0 Å². The molecule has 0 aliphatic carbocycles. The summed E-state index contributed by atoms with van der Waals surface area (Å²) in [5.74, 6) is 0. The average Bonchev–Trinajstić information content (AvgIpc) is 2.34. The van der Waals surface area contributed by atoms with Crippen molar-refractivity contribution < 1.29 is 8.23 Å². The average molecular weight is 379 g/mol. The number of hydrogen-bond donors (Lipinski definition) is 0. The van der Waals surface area contributed by atoms with Crippen molar-refractivity contribution in [2.24, 2.45) is 0 Å². The lowest BCUT2D eigenvalue weighted by molar-refractivity contribution is 0.209. The second-order valence-corrected chi connectivity index (χ2v) is 19.9. The Morgan fingerprint density at radius 2 is 1.09 bits per heavy atom. The molecular formula is C16H42N2O2Si3. The Morgan fingerprint density at radius 3 is 1.39 bits per heavy atom. The van der Waals surface area contributed by atoms with Crippen LogP contribution in [0, 0.1) is 0 Å². The van der Waals surface area contributed by atoms with Gasteiger partial charge in [-0.05, 0) is 66.2 Å². The topological polar surface area (TPSA) is 24.9 Å². The normalized spacial score (nSPS) is 17.0. The molecule has 23 heavy (non-hydrogen) atoms. The van der Waals surface area contributed by atoms with Gasteiger partial charge in [0.05, 0.1) is 0 Å². The minimum absolute atomic E-state index is 0.551. The number of rotatable bonds is 10. The minimum Gasteiger partial charge on any atom is -0.424 e. The predicted molar refractivity (Wildman–Crippen MR) is 110 cm³/mol. The Kier molecular flexibility index (Phi) is 8.92. The highest BCUT2D eigenvalue weighted by Gasteiger charge is 2.45. The monoisotopic (exact) mass is 378 g/mol. The largest absolute Gasteiger partial charge is 0.424 e. The zero-order valence-electron chi connectivity index (χ0n) is 17.8. The van der Waals surface area contributed by atoms with Gasteiger partial charge in [0.25, 0.3) is 17.0 Å². The summed E-state index contributed by atoms with van der Waals surface area (Å²) >= 11 is 0. The van der Waals surface area contributed by atoms with Crippen molar-refractivity contribution >= 4 is 25.5 Å². The highest BCUT2D eigenvalue weighted by molar-refractivity contribution is 6.86. The van der Waals surface area contributed by atoms with E-state index in [1.165, 1.54) is 0 Å². The van der Waals surface area contributed by atoms with Gasteiger partial charge in [-0.25, -0.2) is 0 Å². The molecule has 7 heteroatoms. The highest BCUT2D eigenvalue weighted by Crippen LogP contribution is 2.27. The zero-order chi connectivity index (χ0) is 18.6. The molecule has 140 valence electrons. The SMILES string of the molecule is CCC(C)N(C(C)CC)[Si](C)(C)O[Si](C)(C)O[Si](C)(C)N(C)C. The van der Waals surface area contributed by atoms with Crippen LogP contribution in [0.4, 0.5) is 0 Å². The zero-order valence-corrected chi connectivity index (χ0v) is 20.8. The summed E-state index contributed by atoms with van der Waals surface area (Å²) in [5.41, 5.74) is 0. The lowest BCUT2D eigenvalue weighted by Crippen LogP contribution is -2.65. The van der Waals surface area contributed by atoms with Crippen molar-refractivity contribution in [2.75, 3.05) is 14.1 Å². The van der Waals surface area contributed by atoms with Crippen LogP contribution in [-0.2, 0) is 8.23 Å². The van der Waals surface area contributed by atoms with Crippen LogP contribution in [0.25, 0.3) is 0 Å². The van der Waals surface area contributed by atoms with E-state index in [0.717, 1.165) is 12.8 Å². The first kappa shape index (κ1) is 23.5. The van der Waals surface area contributed by atoms with E-state index >= 15 is 0 Å². The van der Waals surface area contributed by atoms with E-state index in [4.69, 9.17) is 8.23 Å². The van der Waals surface area contributed by atoms with Crippen molar-refractivity contribution in [2.45, 2.75) is 91.9 Å². The van der Waals surface area contributed by atoms with Crippen LogP contribution in [0.3, 0.4) is 0 Å². The molecule has 0 heterocycles. The highest BCUT2D eigenvalue weighted by atomic mass is 28.5. The molecule has 0 aromatic carbocycles. The van der Waals surface area contributed by atoms with E-state index in [9.17, 15) is 0 Å². The molecule has 0 saturated heterocycles. The quantitative estimate of drug-likeness (QED) is 0.519. The van der Waals surface area contributed by atoms with Gasteiger partial charge in [-0.1, -0.05) is 27.7 Å². The van der Waals surface area contributed by atoms with Gasteiger partial charge in [-0.2, -0.15) is 0 Å². The van der Waals surface area contributed by atoms with Crippen molar-refractivity contribution in [1.82, 2.24) is 9.13 Å². The molecule has 0 aromatic heterocycles. The third kappa shape index (κ3) is 7.09. The summed E-state index contributed by atoms with van der Waals surface area (Å²) < 4.78 is 18.3. The van der Waals surface area contributed by atoms with Crippen molar-refractivity contribution in [3.8, 4) is 0 Å². The second-order valence-electron chi connectivity index (χ2n) is 8.31. The van der Waals surface area contributed by atoms with Crippen LogP contribution in [0.5, 0.6) is 0 Å². The van der Waals surface area contributed by atoms with Crippen LogP contribution in [0.1, 0.15) is 40.5 Å². The maximum absolute atomic E-state index is 6.81. The van der Waals surface area contributed by atoms with E-state index in [2.05, 4.69) is 90.2 Å². The third-order valence-corrected chi connectivity index (χ3v) is 17.0.